The first-order chi connectivity index (χ1) is 6.87. The Labute approximate surface area is 88.2 Å². The van der Waals surface area contributed by atoms with Crippen LogP contribution in [-0.4, -0.2) is 5.92 Å². The zero-order valence-electron chi connectivity index (χ0n) is 9.15. The largest absolute Gasteiger partial charge is 0.274 e. The van der Waals surface area contributed by atoms with Gasteiger partial charge in [-0.1, -0.05) is 25.2 Å². The normalized spacial score (nSPS) is 37.2. The van der Waals surface area contributed by atoms with Gasteiger partial charge in [-0.2, -0.15) is 0 Å². The van der Waals surface area contributed by atoms with Gasteiger partial charge in [0, 0.05) is 11.5 Å². The van der Waals surface area contributed by atoms with Crippen LogP contribution in [0, 0.1) is 5.92 Å². The Bertz CT molecular complexity index is 335. The van der Waals surface area contributed by atoms with E-state index in [1.807, 2.05) is 0 Å². The predicted octanol–water partition coefficient (Wildman–Crippen LogP) is 4.41. The van der Waals surface area contributed by atoms with Gasteiger partial charge in [-0.25, -0.2) is 13.2 Å². The molecule has 0 heterocycles. The molecular formula is C12H15F3. The second-order valence-corrected chi connectivity index (χ2v) is 3.98. The number of allylic oxidation sites excluding steroid dienone is 6. The minimum absolute atomic E-state index is 0.248. The SMILES string of the molecule is CC1=C/C=C/CC(C)C(F)(F)\C(C)=C\1F. The van der Waals surface area contributed by atoms with Crippen LogP contribution in [0.5, 0.6) is 0 Å². The Kier molecular flexibility index (Phi) is 3.42. The van der Waals surface area contributed by atoms with Crippen molar-refractivity contribution in [3.63, 3.8) is 0 Å². The maximum atomic E-state index is 13.7. The van der Waals surface area contributed by atoms with E-state index >= 15 is 0 Å². The summed E-state index contributed by atoms with van der Waals surface area (Å²) in [5.41, 5.74) is -0.218. The highest BCUT2D eigenvalue weighted by molar-refractivity contribution is 5.34. The van der Waals surface area contributed by atoms with Gasteiger partial charge in [-0.15, -0.1) is 0 Å². The Morgan fingerprint density at radius 1 is 1.33 bits per heavy atom. The topological polar surface area (TPSA) is 0 Å². The zero-order chi connectivity index (χ0) is 11.6. The summed E-state index contributed by atoms with van der Waals surface area (Å²) in [6.45, 7) is 4.09. The molecule has 0 aromatic rings. The second-order valence-electron chi connectivity index (χ2n) is 3.98. The van der Waals surface area contributed by atoms with Crippen LogP contribution in [0.3, 0.4) is 0 Å². The van der Waals surface area contributed by atoms with Gasteiger partial charge in [0.15, 0.2) is 0 Å². The fourth-order valence-corrected chi connectivity index (χ4v) is 1.53. The summed E-state index contributed by atoms with van der Waals surface area (Å²) in [6, 6.07) is 0. The molecule has 0 aliphatic heterocycles. The average molecular weight is 216 g/mol. The summed E-state index contributed by atoms with van der Waals surface area (Å²) in [7, 11) is 0. The minimum Gasteiger partial charge on any atom is -0.207 e. The Hall–Kier alpha value is -0.990. The number of hydrogen-bond acceptors (Lipinski definition) is 0. The first-order valence-corrected chi connectivity index (χ1v) is 4.95. The van der Waals surface area contributed by atoms with Crippen molar-refractivity contribution in [2.24, 2.45) is 5.92 Å². The molecular weight excluding hydrogens is 201 g/mol. The monoisotopic (exact) mass is 216 g/mol. The first kappa shape index (κ1) is 12.1. The molecule has 0 aromatic carbocycles. The fourth-order valence-electron chi connectivity index (χ4n) is 1.53. The van der Waals surface area contributed by atoms with E-state index in [1.54, 1.807) is 12.2 Å². The molecule has 1 unspecified atom stereocenters. The van der Waals surface area contributed by atoms with E-state index in [0.29, 0.717) is 0 Å². The zero-order valence-corrected chi connectivity index (χ0v) is 9.15. The molecule has 0 N–H and O–H groups in total. The molecule has 1 rings (SSSR count). The lowest BCUT2D eigenvalue weighted by Gasteiger charge is -2.23. The number of hydrogen-bond donors (Lipinski definition) is 0. The molecule has 0 nitrogen and oxygen atoms in total. The summed E-state index contributed by atoms with van der Waals surface area (Å²) in [5, 5.41) is 0. The highest BCUT2D eigenvalue weighted by Gasteiger charge is 2.39. The van der Waals surface area contributed by atoms with Crippen molar-refractivity contribution in [2.45, 2.75) is 33.1 Å². The lowest BCUT2D eigenvalue weighted by Crippen LogP contribution is -2.27. The number of halogens is 3. The van der Waals surface area contributed by atoms with E-state index < -0.39 is 23.2 Å². The Balaban J connectivity index is 3.26. The molecule has 3 heteroatoms. The van der Waals surface area contributed by atoms with E-state index in [4.69, 9.17) is 0 Å². The van der Waals surface area contributed by atoms with Gasteiger partial charge in [0.2, 0.25) is 0 Å². The Morgan fingerprint density at radius 3 is 2.53 bits per heavy atom. The summed E-state index contributed by atoms with van der Waals surface area (Å²) in [6.07, 6.45) is 5.04. The molecule has 0 aromatic heterocycles. The van der Waals surface area contributed by atoms with E-state index in [0.717, 1.165) is 6.92 Å². The van der Waals surface area contributed by atoms with Gasteiger partial charge in [0.1, 0.15) is 5.83 Å². The fraction of sp³-hybridized carbons (Fsp3) is 0.500. The molecule has 0 radical (unpaired) electrons. The maximum Gasteiger partial charge on any atom is 0.274 e. The van der Waals surface area contributed by atoms with Crippen molar-refractivity contribution in [3.05, 3.63) is 35.2 Å². The lowest BCUT2D eigenvalue weighted by atomic mass is 9.93. The van der Waals surface area contributed by atoms with Crippen LogP contribution in [0.25, 0.3) is 0 Å². The van der Waals surface area contributed by atoms with E-state index in [1.165, 1.54) is 19.9 Å². The first-order valence-electron chi connectivity index (χ1n) is 4.95. The Morgan fingerprint density at radius 2 is 1.93 bits per heavy atom. The van der Waals surface area contributed by atoms with E-state index in [2.05, 4.69) is 0 Å². The van der Waals surface area contributed by atoms with Crippen molar-refractivity contribution >= 4 is 0 Å². The van der Waals surface area contributed by atoms with Crippen molar-refractivity contribution < 1.29 is 13.2 Å². The molecule has 0 fully saturated rings. The summed E-state index contributed by atoms with van der Waals surface area (Å²) < 4.78 is 40.9. The molecule has 0 spiro atoms. The summed E-state index contributed by atoms with van der Waals surface area (Å²) in [5.74, 6) is -4.74. The van der Waals surface area contributed by atoms with Crippen LogP contribution in [0.2, 0.25) is 0 Å². The van der Waals surface area contributed by atoms with Crippen molar-refractivity contribution in [1.29, 1.82) is 0 Å². The lowest BCUT2D eigenvalue weighted by molar-refractivity contribution is -0.0144. The third kappa shape index (κ3) is 2.33. The minimum atomic E-state index is -3.08. The van der Waals surface area contributed by atoms with Gasteiger partial charge < -0.3 is 0 Å². The van der Waals surface area contributed by atoms with Crippen molar-refractivity contribution in [2.75, 3.05) is 0 Å². The van der Waals surface area contributed by atoms with Gasteiger partial charge >= 0.3 is 0 Å². The maximum absolute atomic E-state index is 13.7. The molecule has 15 heavy (non-hydrogen) atoms. The van der Waals surface area contributed by atoms with Crippen LogP contribution in [0.4, 0.5) is 13.2 Å². The molecule has 84 valence electrons. The van der Waals surface area contributed by atoms with E-state index in [-0.39, 0.29) is 12.0 Å². The van der Waals surface area contributed by atoms with Crippen LogP contribution >= 0.6 is 0 Å². The molecule has 1 atom stereocenters. The summed E-state index contributed by atoms with van der Waals surface area (Å²) in [4.78, 5) is 0. The van der Waals surface area contributed by atoms with Crippen LogP contribution < -0.4 is 0 Å². The molecule has 0 saturated heterocycles. The van der Waals surface area contributed by atoms with Gasteiger partial charge in [0.25, 0.3) is 5.92 Å². The molecule has 0 bridgehead atoms. The van der Waals surface area contributed by atoms with Crippen molar-refractivity contribution in [3.8, 4) is 0 Å². The highest BCUT2D eigenvalue weighted by Crippen LogP contribution is 2.38. The standard InChI is InChI=1S/C12H15F3/c1-8-6-4-5-7-9(2)12(14,15)10(3)11(8)13/h4-6,9H,7H2,1-3H3/b5-4+,8-6-,11-10-. The average Bonchev–Trinajstić information content (AvgIpc) is 2.22. The van der Waals surface area contributed by atoms with Gasteiger partial charge in [-0.3, -0.25) is 0 Å². The van der Waals surface area contributed by atoms with Crippen LogP contribution in [0.1, 0.15) is 27.2 Å². The third-order valence-corrected chi connectivity index (χ3v) is 2.77. The van der Waals surface area contributed by atoms with E-state index in [9.17, 15) is 13.2 Å². The predicted molar refractivity (Wildman–Crippen MR) is 55.4 cm³/mol. The second kappa shape index (κ2) is 4.25. The van der Waals surface area contributed by atoms with Crippen molar-refractivity contribution in [1.82, 2.24) is 0 Å². The quantitative estimate of drug-likeness (QED) is 0.562. The van der Waals surface area contributed by atoms with Crippen LogP contribution in [-0.2, 0) is 0 Å². The third-order valence-electron chi connectivity index (χ3n) is 2.77. The van der Waals surface area contributed by atoms with Gasteiger partial charge in [-0.05, 0) is 25.8 Å². The number of rotatable bonds is 0. The molecule has 0 amide bonds. The molecule has 0 saturated carbocycles. The highest BCUT2D eigenvalue weighted by atomic mass is 19.3. The molecule has 1 aliphatic rings. The molecule has 1 aliphatic carbocycles. The van der Waals surface area contributed by atoms with Crippen LogP contribution in [0.15, 0.2) is 35.2 Å². The smallest absolute Gasteiger partial charge is 0.207 e. The number of alkyl halides is 2. The summed E-state index contributed by atoms with van der Waals surface area (Å²) >= 11 is 0. The van der Waals surface area contributed by atoms with Gasteiger partial charge in [0.05, 0.1) is 0 Å².